The summed E-state index contributed by atoms with van der Waals surface area (Å²) >= 11 is 0. The number of nitrogens with zero attached hydrogens (tertiary/aromatic N) is 6. The first-order valence-corrected chi connectivity index (χ1v) is 13.2. The normalized spacial score (nSPS) is 13.6. The lowest BCUT2D eigenvalue weighted by molar-refractivity contribution is 0.178. The third-order valence-electron chi connectivity index (χ3n) is 5.90. The number of aliphatic hydroxyl groups is 1. The molecule has 200 valence electrons. The van der Waals surface area contributed by atoms with Crippen molar-refractivity contribution in [2.24, 2.45) is 0 Å². The second-order valence-corrected chi connectivity index (χ2v) is 10.3. The van der Waals surface area contributed by atoms with Gasteiger partial charge in [-0.1, -0.05) is 22.8 Å². The Kier molecular flexibility index (Phi) is 8.54. The summed E-state index contributed by atoms with van der Waals surface area (Å²) in [6.07, 6.45) is 2.49. The van der Waals surface area contributed by atoms with Gasteiger partial charge in [0.25, 0.3) is 0 Å². The van der Waals surface area contributed by atoms with Crippen molar-refractivity contribution in [3.05, 3.63) is 60.2 Å². The molecule has 0 saturated carbocycles. The second kappa shape index (κ2) is 12.0. The van der Waals surface area contributed by atoms with E-state index in [2.05, 4.69) is 29.9 Å². The Labute approximate surface area is 223 Å². The number of rotatable bonds is 10. The summed E-state index contributed by atoms with van der Waals surface area (Å²) in [5.41, 5.74) is 1.78. The van der Waals surface area contributed by atoms with Crippen LogP contribution in [0.4, 0.5) is 5.95 Å². The van der Waals surface area contributed by atoms with Gasteiger partial charge in [0.2, 0.25) is 11.8 Å². The molecule has 0 aliphatic carbocycles. The van der Waals surface area contributed by atoms with Crippen LogP contribution in [0.15, 0.2) is 48.8 Å². The topological polar surface area (TPSA) is 129 Å². The average Bonchev–Trinajstić information content (AvgIpc) is 3.38. The minimum atomic E-state index is -0.806. The molecule has 4 rings (SSSR count). The molecule has 0 radical (unpaired) electrons. The predicted molar refractivity (Wildman–Crippen MR) is 148 cm³/mol. The van der Waals surface area contributed by atoms with Gasteiger partial charge >= 0.3 is 0 Å². The SMILES string of the molecule is C/C=S(\Nc1nnc(-c2cccc(OC)n2)n1-c1c(OC)cccc1OC)[C@@H](C)[C@@H](O)c1cnc(C)nc1. The number of hydrogen-bond donors (Lipinski definition) is 2. The highest BCUT2D eigenvalue weighted by atomic mass is 32.2. The Hall–Kier alpha value is -4.03. The second-order valence-electron chi connectivity index (χ2n) is 8.18. The fourth-order valence-electron chi connectivity index (χ4n) is 3.87. The van der Waals surface area contributed by atoms with Crippen LogP contribution in [0.25, 0.3) is 17.2 Å². The monoisotopic (exact) mass is 537 g/mol. The molecule has 12 heteroatoms. The zero-order valence-corrected chi connectivity index (χ0v) is 22.9. The van der Waals surface area contributed by atoms with Crippen molar-refractivity contribution in [3.63, 3.8) is 0 Å². The number of benzene rings is 1. The largest absolute Gasteiger partial charge is 0.494 e. The van der Waals surface area contributed by atoms with Crippen molar-refractivity contribution in [2.75, 3.05) is 26.1 Å². The van der Waals surface area contributed by atoms with Crippen molar-refractivity contribution < 1.29 is 19.3 Å². The molecule has 1 unspecified atom stereocenters. The van der Waals surface area contributed by atoms with E-state index in [9.17, 15) is 5.11 Å². The highest BCUT2D eigenvalue weighted by Crippen LogP contribution is 2.39. The van der Waals surface area contributed by atoms with Crippen LogP contribution in [-0.4, -0.2) is 66.8 Å². The average molecular weight is 538 g/mol. The number of ether oxygens (including phenoxy) is 3. The van der Waals surface area contributed by atoms with Gasteiger partial charge in [-0.2, -0.15) is 0 Å². The van der Waals surface area contributed by atoms with Gasteiger partial charge in [-0.15, -0.1) is 10.2 Å². The maximum atomic E-state index is 11.1. The first kappa shape index (κ1) is 27.0. The molecule has 4 aromatic rings. The van der Waals surface area contributed by atoms with E-state index >= 15 is 0 Å². The molecule has 3 aromatic heterocycles. The Balaban J connectivity index is 1.82. The molecule has 0 spiro atoms. The summed E-state index contributed by atoms with van der Waals surface area (Å²) in [7, 11) is 4.09. The number of para-hydroxylation sites is 1. The molecule has 1 aromatic carbocycles. The van der Waals surface area contributed by atoms with E-state index in [1.54, 1.807) is 51.3 Å². The number of pyridine rings is 1. The van der Waals surface area contributed by atoms with Crippen molar-refractivity contribution in [1.82, 2.24) is 29.7 Å². The van der Waals surface area contributed by atoms with E-state index in [-0.39, 0.29) is 5.25 Å². The Morgan fingerprint density at radius 3 is 2.24 bits per heavy atom. The smallest absolute Gasteiger partial charge is 0.239 e. The van der Waals surface area contributed by atoms with E-state index in [0.29, 0.717) is 51.9 Å². The molecule has 0 bridgehead atoms. The minimum absolute atomic E-state index is 0.241. The molecule has 0 saturated heterocycles. The predicted octanol–water partition coefficient (Wildman–Crippen LogP) is 3.99. The zero-order valence-electron chi connectivity index (χ0n) is 22.1. The van der Waals surface area contributed by atoms with Crippen molar-refractivity contribution in [3.8, 4) is 34.6 Å². The van der Waals surface area contributed by atoms with Crippen LogP contribution in [0.5, 0.6) is 17.4 Å². The lowest BCUT2D eigenvalue weighted by Crippen LogP contribution is -2.18. The number of aromatic nitrogens is 6. The maximum absolute atomic E-state index is 11.1. The molecular weight excluding hydrogens is 506 g/mol. The summed E-state index contributed by atoms with van der Waals surface area (Å²) < 4.78 is 22.0. The summed E-state index contributed by atoms with van der Waals surface area (Å²) in [4.78, 5) is 13.0. The molecule has 0 aliphatic rings. The fraction of sp³-hybridized carbons (Fsp3) is 0.308. The third-order valence-corrected chi connectivity index (χ3v) is 7.89. The molecule has 11 nitrogen and oxygen atoms in total. The van der Waals surface area contributed by atoms with Crippen molar-refractivity contribution >= 4 is 22.0 Å². The third kappa shape index (κ3) is 5.46. The number of hydrogen-bond acceptors (Lipinski definition) is 10. The summed E-state index contributed by atoms with van der Waals surface area (Å²) in [5, 5.41) is 21.8. The van der Waals surface area contributed by atoms with E-state index in [0.717, 1.165) is 0 Å². The molecule has 2 N–H and O–H groups in total. The summed E-state index contributed by atoms with van der Waals surface area (Å²) in [5.74, 6) is 3.08. The molecule has 3 heterocycles. The zero-order chi connectivity index (χ0) is 27.2. The van der Waals surface area contributed by atoms with E-state index in [1.807, 2.05) is 49.5 Å². The summed E-state index contributed by atoms with van der Waals surface area (Å²) in [6, 6.07) is 10.9. The quantitative estimate of drug-likeness (QED) is 0.286. The van der Waals surface area contributed by atoms with Crippen molar-refractivity contribution in [1.29, 1.82) is 0 Å². The Bertz CT molecular complexity index is 1400. The molecule has 38 heavy (non-hydrogen) atoms. The van der Waals surface area contributed by atoms with Crippen LogP contribution >= 0.6 is 10.7 Å². The fourth-order valence-corrected chi connectivity index (χ4v) is 5.38. The number of aliphatic hydroxyl groups excluding tert-OH is 1. The number of aryl methyl sites for hydroxylation is 1. The van der Waals surface area contributed by atoms with Crippen LogP contribution < -0.4 is 18.9 Å². The van der Waals surface area contributed by atoms with Gasteiger partial charge in [0, 0.05) is 29.3 Å². The van der Waals surface area contributed by atoms with Crippen LogP contribution in [0, 0.1) is 6.92 Å². The minimum Gasteiger partial charge on any atom is -0.494 e. The van der Waals surface area contributed by atoms with Crippen LogP contribution in [0.1, 0.15) is 31.3 Å². The summed E-state index contributed by atoms with van der Waals surface area (Å²) in [6.45, 7) is 5.69. The van der Waals surface area contributed by atoms with Crippen LogP contribution in [0.2, 0.25) is 0 Å². The standard InChI is InChI=1S/C26H31N7O4S/c1-7-38(16(2)24(34)18-14-27-17(3)28-15-18)32-26-31-30-25(19-10-8-13-22(29-19)37-6)33(26)23-20(35-4)11-9-12-21(23)36-5/h7-16,24,34H,1-6H3,(H,31,32)/t16-,24+,38?/m0/s1. The maximum Gasteiger partial charge on any atom is 0.239 e. The molecule has 0 fully saturated rings. The molecule has 0 aliphatic heterocycles. The van der Waals surface area contributed by atoms with Gasteiger partial charge in [0.1, 0.15) is 28.7 Å². The first-order valence-electron chi connectivity index (χ1n) is 11.8. The van der Waals surface area contributed by atoms with E-state index < -0.39 is 16.8 Å². The number of nitrogens with one attached hydrogen (secondary N) is 1. The molecule has 3 atom stereocenters. The van der Waals surface area contributed by atoms with E-state index in [4.69, 9.17) is 14.2 Å². The Morgan fingerprint density at radius 1 is 0.974 bits per heavy atom. The highest BCUT2D eigenvalue weighted by molar-refractivity contribution is 8.16. The van der Waals surface area contributed by atoms with Gasteiger partial charge in [-0.25, -0.2) is 15.0 Å². The Morgan fingerprint density at radius 2 is 1.63 bits per heavy atom. The van der Waals surface area contributed by atoms with E-state index in [1.165, 1.54) is 0 Å². The lowest BCUT2D eigenvalue weighted by Gasteiger charge is -2.24. The van der Waals surface area contributed by atoms with Gasteiger partial charge in [-0.05, 0) is 44.3 Å². The highest BCUT2D eigenvalue weighted by Gasteiger charge is 2.26. The first-order chi connectivity index (χ1) is 18.4. The molecule has 0 amide bonds. The van der Waals surface area contributed by atoms with Gasteiger partial charge in [0.05, 0.1) is 27.4 Å². The van der Waals surface area contributed by atoms with Crippen molar-refractivity contribution in [2.45, 2.75) is 32.1 Å². The number of methoxy groups -OCH3 is 3. The lowest BCUT2D eigenvalue weighted by atomic mass is 10.1. The number of anilines is 1. The molecular formula is C26H31N7O4S. The van der Waals surface area contributed by atoms with Gasteiger partial charge in [0.15, 0.2) is 5.82 Å². The van der Waals surface area contributed by atoms with Crippen LogP contribution in [0.3, 0.4) is 0 Å². The van der Waals surface area contributed by atoms with Gasteiger partial charge in [-0.3, -0.25) is 4.57 Å². The van der Waals surface area contributed by atoms with Gasteiger partial charge < -0.3 is 24.0 Å². The van der Waals surface area contributed by atoms with Crippen LogP contribution in [-0.2, 0) is 0 Å².